The molecule has 1 rings (SSSR count). The van der Waals surface area contributed by atoms with Crippen molar-refractivity contribution in [1.29, 1.82) is 0 Å². The van der Waals surface area contributed by atoms with Gasteiger partial charge in [0.05, 0.1) is 17.8 Å². The number of hydrogen-bond donors (Lipinski definition) is 1. The predicted octanol–water partition coefficient (Wildman–Crippen LogP) is 1.52. The van der Waals surface area contributed by atoms with E-state index in [1.54, 1.807) is 24.2 Å². The van der Waals surface area contributed by atoms with Crippen LogP contribution in [0.3, 0.4) is 0 Å². The van der Waals surface area contributed by atoms with Gasteiger partial charge in [0.15, 0.2) is 0 Å². The molecule has 0 saturated carbocycles. The first-order valence-corrected chi connectivity index (χ1v) is 4.74. The summed E-state index contributed by atoms with van der Waals surface area (Å²) in [5, 5.41) is 3.12. The van der Waals surface area contributed by atoms with Crippen molar-refractivity contribution in [2.24, 2.45) is 0 Å². The smallest absolute Gasteiger partial charge is 0.145 e. The van der Waals surface area contributed by atoms with Crippen molar-refractivity contribution in [3.05, 3.63) is 18.1 Å². The van der Waals surface area contributed by atoms with E-state index in [0.717, 1.165) is 17.4 Å². The van der Waals surface area contributed by atoms with Crippen molar-refractivity contribution in [3.8, 4) is 0 Å². The van der Waals surface area contributed by atoms with Gasteiger partial charge in [-0.15, -0.1) is 11.8 Å². The summed E-state index contributed by atoms with van der Waals surface area (Å²) in [6, 6.07) is 0. The van der Waals surface area contributed by atoms with E-state index >= 15 is 0 Å². The van der Waals surface area contributed by atoms with Crippen LogP contribution in [0.2, 0.25) is 0 Å². The van der Waals surface area contributed by atoms with Gasteiger partial charge in [-0.2, -0.15) is 0 Å². The van der Waals surface area contributed by atoms with Gasteiger partial charge < -0.3 is 5.32 Å². The number of aromatic nitrogens is 2. The molecule has 0 bridgehead atoms. The Morgan fingerprint density at radius 1 is 1.55 bits per heavy atom. The molecule has 0 aromatic carbocycles. The number of rotatable bonds is 3. The Hall–Kier alpha value is -0.770. The molecule has 0 saturated heterocycles. The molecule has 1 heterocycles. The summed E-state index contributed by atoms with van der Waals surface area (Å²) in [5.41, 5.74) is 0.941. The Bertz CT molecular complexity index is 227. The molecule has 3 nitrogen and oxygen atoms in total. The zero-order valence-electron chi connectivity index (χ0n) is 6.66. The van der Waals surface area contributed by atoms with Gasteiger partial charge >= 0.3 is 0 Å². The van der Waals surface area contributed by atoms with Crippen molar-refractivity contribution in [3.63, 3.8) is 0 Å². The molecule has 4 heteroatoms. The van der Waals surface area contributed by atoms with E-state index in [-0.39, 0.29) is 0 Å². The highest BCUT2D eigenvalue weighted by atomic mass is 32.2. The summed E-state index contributed by atoms with van der Waals surface area (Å²) >= 11 is 1.72. The fourth-order valence-corrected chi connectivity index (χ4v) is 0.987. The predicted molar refractivity (Wildman–Crippen MR) is 48.8 cm³/mol. The molecule has 11 heavy (non-hydrogen) atoms. The number of hydrogen-bond acceptors (Lipinski definition) is 4. The molecule has 1 N–H and O–H groups in total. The quantitative estimate of drug-likeness (QED) is 0.696. The third-order valence-corrected chi connectivity index (χ3v) is 1.59. The number of thioether (sulfide) groups is 1. The minimum Gasteiger partial charge on any atom is -0.360 e. The largest absolute Gasteiger partial charge is 0.360 e. The lowest BCUT2D eigenvalue weighted by Gasteiger charge is -2.01. The monoisotopic (exact) mass is 169 g/mol. The van der Waals surface area contributed by atoms with Gasteiger partial charge in [-0.3, -0.25) is 4.98 Å². The third-order valence-electron chi connectivity index (χ3n) is 1.15. The topological polar surface area (TPSA) is 37.8 Å². The molecule has 0 spiro atoms. The van der Waals surface area contributed by atoms with E-state index in [2.05, 4.69) is 15.3 Å². The van der Waals surface area contributed by atoms with E-state index < -0.39 is 0 Å². The molecule has 0 unspecified atom stereocenters. The van der Waals surface area contributed by atoms with Crippen LogP contribution in [0.1, 0.15) is 5.69 Å². The molecule has 0 aliphatic carbocycles. The van der Waals surface area contributed by atoms with Crippen LogP contribution in [0.5, 0.6) is 0 Å². The first-order valence-electron chi connectivity index (χ1n) is 3.34. The zero-order valence-corrected chi connectivity index (χ0v) is 7.48. The molecule has 0 aliphatic rings. The maximum Gasteiger partial charge on any atom is 0.145 e. The summed E-state index contributed by atoms with van der Waals surface area (Å²) < 4.78 is 0. The minimum atomic E-state index is 0.847. The van der Waals surface area contributed by atoms with E-state index in [4.69, 9.17) is 0 Å². The second kappa shape index (κ2) is 4.18. The van der Waals surface area contributed by atoms with E-state index in [1.807, 2.05) is 13.2 Å². The molecular formula is C7H11N3S. The number of anilines is 1. The fourth-order valence-electron chi connectivity index (χ4n) is 0.695. The van der Waals surface area contributed by atoms with Gasteiger partial charge in [-0.1, -0.05) is 0 Å². The first-order chi connectivity index (χ1) is 5.33. The summed E-state index contributed by atoms with van der Waals surface area (Å²) in [4.78, 5) is 8.23. The number of aryl methyl sites for hydroxylation is 1. The summed E-state index contributed by atoms with van der Waals surface area (Å²) in [6.07, 6.45) is 5.50. The van der Waals surface area contributed by atoms with Gasteiger partial charge in [0.2, 0.25) is 0 Å². The zero-order chi connectivity index (χ0) is 8.10. The van der Waals surface area contributed by atoms with Crippen LogP contribution in [0.25, 0.3) is 0 Å². The van der Waals surface area contributed by atoms with Crippen molar-refractivity contribution < 1.29 is 0 Å². The number of nitrogens with zero attached hydrogens (tertiary/aromatic N) is 2. The lowest BCUT2D eigenvalue weighted by atomic mass is 10.5. The Morgan fingerprint density at radius 2 is 2.36 bits per heavy atom. The molecule has 0 fully saturated rings. The summed E-state index contributed by atoms with van der Waals surface area (Å²) in [7, 11) is 0. The lowest BCUT2D eigenvalue weighted by Crippen LogP contribution is -2.00. The Balaban J connectivity index is 2.56. The summed E-state index contributed by atoms with van der Waals surface area (Å²) in [5.74, 6) is 1.72. The normalized spacial score (nSPS) is 9.64. The molecule has 0 radical (unpaired) electrons. The maximum absolute atomic E-state index is 4.22. The van der Waals surface area contributed by atoms with E-state index in [1.165, 1.54) is 0 Å². The molecule has 1 aromatic rings. The lowest BCUT2D eigenvalue weighted by molar-refractivity contribution is 1.11. The molecule has 1 aromatic heterocycles. The second-order valence-electron chi connectivity index (χ2n) is 2.16. The molecular weight excluding hydrogens is 158 g/mol. The van der Waals surface area contributed by atoms with E-state index in [9.17, 15) is 0 Å². The van der Waals surface area contributed by atoms with Crippen LogP contribution in [0.15, 0.2) is 12.4 Å². The van der Waals surface area contributed by atoms with Gasteiger partial charge in [0.1, 0.15) is 5.82 Å². The van der Waals surface area contributed by atoms with Gasteiger partial charge in [0, 0.05) is 6.20 Å². The summed E-state index contributed by atoms with van der Waals surface area (Å²) in [6.45, 7) is 1.93. The average molecular weight is 169 g/mol. The standard InChI is InChI=1S/C7H11N3S/c1-6-3-8-4-7(10-6)9-5-11-2/h3-4H,5H2,1-2H3,(H,9,10). The van der Waals surface area contributed by atoms with Crippen LogP contribution in [0, 0.1) is 6.92 Å². The van der Waals surface area contributed by atoms with Crippen molar-refractivity contribution in [2.75, 3.05) is 17.4 Å². The van der Waals surface area contributed by atoms with Crippen LogP contribution in [-0.2, 0) is 0 Å². The van der Waals surface area contributed by atoms with Crippen LogP contribution in [-0.4, -0.2) is 22.1 Å². The van der Waals surface area contributed by atoms with Crippen LogP contribution >= 0.6 is 11.8 Å². The SMILES string of the molecule is CSCNc1cncc(C)n1. The van der Waals surface area contributed by atoms with Crippen molar-refractivity contribution in [1.82, 2.24) is 9.97 Å². The van der Waals surface area contributed by atoms with Crippen molar-refractivity contribution in [2.45, 2.75) is 6.92 Å². The Labute approximate surface area is 70.6 Å². The van der Waals surface area contributed by atoms with Gasteiger partial charge in [-0.05, 0) is 13.2 Å². The fraction of sp³-hybridized carbons (Fsp3) is 0.429. The maximum atomic E-state index is 4.22. The Kier molecular flexibility index (Phi) is 3.16. The average Bonchev–Trinajstić information content (AvgIpc) is 2.01. The highest BCUT2D eigenvalue weighted by molar-refractivity contribution is 7.98. The minimum absolute atomic E-state index is 0.847. The second-order valence-corrected chi connectivity index (χ2v) is 3.02. The molecule has 0 atom stereocenters. The van der Waals surface area contributed by atoms with Crippen LogP contribution < -0.4 is 5.32 Å². The highest BCUT2D eigenvalue weighted by Gasteiger charge is 1.91. The molecule has 60 valence electrons. The van der Waals surface area contributed by atoms with Gasteiger partial charge in [0.25, 0.3) is 0 Å². The molecule has 0 aliphatic heterocycles. The van der Waals surface area contributed by atoms with Crippen LogP contribution in [0.4, 0.5) is 5.82 Å². The third kappa shape index (κ3) is 2.76. The molecule has 0 amide bonds. The number of nitrogens with one attached hydrogen (secondary N) is 1. The van der Waals surface area contributed by atoms with Gasteiger partial charge in [-0.25, -0.2) is 4.98 Å². The highest BCUT2D eigenvalue weighted by Crippen LogP contribution is 2.02. The first kappa shape index (κ1) is 8.33. The Morgan fingerprint density at radius 3 is 3.00 bits per heavy atom. The van der Waals surface area contributed by atoms with E-state index in [0.29, 0.717) is 0 Å². The van der Waals surface area contributed by atoms with Crippen molar-refractivity contribution >= 4 is 17.6 Å².